The molecule has 1 aliphatic carbocycles. The van der Waals surface area contributed by atoms with Crippen LogP contribution < -0.4 is 10.1 Å². The normalized spacial score (nSPS) is 29.8. The molecule has 1 saturated carbocycles. The number of benzene rings is 1. The van der Waals surface area contributed by atoms with E-state index in [4.69, 9.17) is 16.3 Å². The Bertz CT molecular complexity index is 721. The fourth-order valence-corrected chi connectivity index (χ4v) is 5.28. The molecule has 114 valence electrons. The fraction of sp³-hybridized carbons (Fsp3) is 0.462. The molecule has 1 aromatic rings. The lowest BCUT2D eigenvalue weighted by Gasteiger charge is -2.17. The lowest BCUT2D eigenvalue weighted by Crippen LogP contribution is -2.40. The lowest BCUT2D eigenvalue weighted by molar-refractivity contribution is -0.116. The van der Waals surface area contributed by atoms with Gasteiger partial charge in [0.1, 0.15) is 5.75 Å². The Hall–Kier alpha value is -1.31. The Balaban J connectivity index is 1.84. The van der Waals surface area contributed by atoms with Crippen LogP contribution in [-0.2, 0) is 14.8 Å². The molecule has 0 radical (unpaired) electrons. The van der Waals surface area contributed by atoms with E-state index in [0.717, 1.165) is 0 Å². The van der Waals surface area contributed by atoms with Gasteiger partial charge in [-0.15, -0.1) is 0 Å². The average Bonchev–Trinajstić information content (AvgIpc) is 3.10. The highest BCUT2D eigenvalue weighted by Gasteiger charge is 2.74. The van der Waals surface area contributed by atoms with Crippen LogP contribution in [0.2, 0.25) is 5.02 Å². The van der Waals surface area contributed by atoms with Crippen molar-refractivity contribution in [3.63, 3.8) is 0 Å². The largest absolute Gasteiger partial charge is 0.495 e. The second-order valence-corrected chi connectivity index (χ2v) is 8.09. The molecule has 1 aromatic carbocycles. The zero-order chi connectivity index (χ0) is 15.4. The molecule has 1 N–H and O–H groups in total. The van der Waals surface area contributed by atoms with Crippen molar-refractivity contribution in [2.75, 3.05) is 26.0 Å². The number of sulfonamides is 1. The summed E-state index contributed by atoms with van der Waals surface area (Å²) in [7, 11) is -0.575. The van der Waals surface area contributed by atoms with Gasteiger partial charge in [-0.3, -0.25) is 4.79 Å². The summed E-state index contributed by atoms with van der Waals surface area (Å²) in [5, 5.41) is 3.00. The maximum absolute atomic E-state index is 12.4. The SMILES string of the molecule is COc1ccc(NC(=O)[C@@]23C[C@@H]2CN(C)S3(=O)=O)cc1Cl. The molecule has 3 rings (SSSR count). The summed E-state index contributed by atoms with van der Waals surface area (Å²) >= 11 is 5.99. The van der Waals surface area contributed by atoms with Gasteiger partial charge in [-0.05, 0) is 24.6 Å². The lowest BCUT2D eigenvalue weighted by atomic mass is 10.2. The van der Waals surface area contributed by atoms with Crippen LogP contribution in [0.4, 0.5) is 5.69 Å². The summed E-state index contributed by atoms with van der Waals surface area (Å²) in [6.45, 7) is 0.402. The topological polar surface area (TPSA) is 75.7 Å². The third-order valence-electron chi connectivity index (χ3n) is 4.19. The van der Waals surface area contributed by atoms with Crippen LogP contribution in [0.1, 0.15) is 6.42 Å². The zero-order valence-electron chi connectivity index (χ0n) is 11.6. The molecule has 21 heavy (non-hydrogen) atoms. The molecular weight excluding hydrogens is 316 g/mol. The Morgan fingerprint density at radius 2 is 2.24 bits per heavy atom. The molecule has 6 nitrogen and oxygen atoms in total. The van der Waals surface area contributed by atoms with E-state index in [1.807, 2.05) is 0 Å². The summed E-state index contributed by atoms with van der Waals surface area (Å²) in [6.07, 6.45) is 0.384. The molecule has 0 bridgehead atoms. The van der Waals surface area contributed by atoms with Crippen LogP contribution >= 0.6 is 11.6 Å². The van der Waals surface area contributed by atoms with E-state index in [1.165, 1.54) is 24.5 Å². The van der Waals surface area contributed by atoms with Gasteiger partial charge in [0.15, 0.2) is 4.75 Å². The van der Waals surface area contributed by atoms with Crippen molar-refractivity contribution in [2.45, 2.75) is 11.2 Å². The van der Waals surface area contributed by atoms with Gasteiger partial charge >= 0.3 is 0 Å². The standard InChI is InChI=1S/C13H15ClN2O4S/c1-16-7-8-6-13(8,21(16,18)19)12(17)15-9-3-4-11(20-2)10(14)5-9/h3-5,8H,6-7H2,1-2H3,(H,15,17)/t8-,13-/m1/s1. The number of methoxy groups -OCH3 is 1. The number of hydrogen-bond donors (Lipinski definition) is 1. The van der Waals surface area contributed by atoms with Crippen LogP contribution in [0.15, 0.2) is 18.2 Å². The number of fused-ring (bicyclic) bond motifs is 1. The number of hydrogen-bond acceptors (Lipinski definition) is 4. The van der Waals surface area contributed by atoms with Crippen LogP contribution in [-0.4, -0.2) is 44.1 Å². The van der Waals surface area contributed by atoms with E-state index in [2.05, 4.69) is 5.32 Å². The van der Waals surface area contributed by atoms with Gasteiger partial charge in [-0.1, -0.05) is 11.6 Å². The van der Waals surface area contributed by atoms with Crippen molar-refractivity contribution in [1.82, 2.24) is 4.31 Å². The highest BCUT2D eigenvalue weighted by molar-refractivity contribution is 7.92. The molecule has 1 aliphatic heterocycles. The molecule has 0 spiro atoms. The van der Waals surface area contributed by atoms with Gasteiger partial charge in [0.25, 0.3) is 0 Å². The number of carbonyl (C=O) groups excluding carboxylic acids is 1. The van der Waals surface area contributed by atoms with Gasteiger partial charge in [-0.25, -0.2) is 12.7 Å². The van der Waals surface area contributed by atoms with E-state index in [9.17, 15) is 13.2 Å². The minimum absolute atomic E-state index is 0.124. The summed E-state index contributed by atoms with van der Waals surface area (Å²) in [5.74, 6) is -0.121. The minimum Gasteiger partial charge on any atom is -0.495 e. The third kappa shape index (κ3) is 1.95. The van der Waals surface area contributed by atoms with Crippen LogP contribution in [0, 0.1) is 5.92 Å². The van der Waals surface area contributed by atoms with Crippen molar-refractivity contribution in [2.24, 2.45) is 5.92 Å². The number of halogens is 1. The van der Waals surface area contributed by atoms with Gasteiger partial charge in [0, 0.05) is 25.2 Å². The van der Waals surface area contributed by atoms with Crippen molar-refractivity contribution in [3.8, 4) is 5.75 Å². The number of ether oxygens (including phenoxy) is 1. The average molecular weight is 331 g/mol. The maximum Gasteiger partial charge on any atom is 0.247 e. The van der Waals surface area contributed by atoms with Crippen molar-refractivity contribution >= 4 is 33.2 Å². The predicted octanol–water partition coefficient (Wildman–Crippen LogP) is 1.32. The Kier molecular flexibility index (Phi) is 3.20. The molecule has 1 heterocycles. The highest BCUT2D eigenvalue weighted by atomic mass is 35.5. The Morgan fingerprint density at radius 1 is 1.52 bits per heavy atom. The molecule has 0 aromatic heterocycles. The van der Waals surface area contributed by atoms with Crippen molar-refractivity contribution in [1.29, 1.82) is 0 Å². The Labute approximate surface area is 128 Å². The number of nitrogens with one attached hydrogen (secondary N) is 1. The monoisotopic (exact) mass is 330 g/mol. The van der Waals surface area contributed by atoms with Gasteiger partial charge < -0.3 is 10.1 Å². The number of anilines is 1. The first-order valence-electron chi connectivity index (χ1n) is 6.44. The van der Waals surface area contributed by atoms with E-state index in [-0.39, 0.29) is 5.92 Å². The van der Waals surface area contributed by atoms with Crippen LogP contribution in [0.3, 0.4) is 0 Å². The second-order valence-electron chi connectivity index (χ2n) is 5.38. The maximum atomic E-state index is 12.4. The highest BCUT2D eigenvalue weighted by Crippen LogP contribution is 2.57. The molecule has 0 unspecified atom stereocenters. The molecule has 2 atom stereocenters. The first kappa shape index (κ1) is 14.6. The third-order valence-corrected chi connectivity index (χ3v) is 7.06. The number of rotatable bonds is 3. The second kappa shape index (κ2) is 4.59. The molecule has 1 saturated heterocycles. The van der Waals surface area contributed by atoms with E-state index < -0.39 is 20.7 Å². The zero-order valence-corrected chi connectivity index (χ0v) is 13.2. The minimum atomic E-state index is -3.57. The summed E-state index contributed by atoms with van der Waals surface area (Å²) in [6, 6.07) is 4.79. The quantitative estimate of drug-likeness (QED) is 0.907. The van der Waals surface area contributed by atoms with Crippen molar-refractivity contribution in [3.05, 3.63) is 23.2 Å². The first-order chi connectivity index (χ1) is 9.82. The molecule has 1 amide bonds. The number of nitrogens with zero attached hydrogens (tertiary/aromatic N) is 1. The number of amides is 1. The number of carbonyl (C=O) groups is 1. The Morgan fingerprint density at radius 3 is 2.76 bits per heavy atom. The van der Waals surface area contributed by atoms with E-state index in [0.29, 0.717) is 29.4 Å². The van der Waals surface area contributed by atoms with Gasteiger partial charge in [0.05, 0.1) is 12.1 Å². The molecule has 2 aliphatic rings. The fourth-order valence-electron chi connectivity index (χ4n) is 2.90. The molecule has 8 heteroatoms. The smallest absolute Gasteiger partial charge is 0.247 e. The molecular formula is C13H15ClN2O4S. The van der Waals surface area contributed by atoms with Crippen LogP contribution in [0.5, 0.6) is 5.75 Å². The first-order valence-corrected chi connectivity index (χ1v) is 8.25. The van der Waals surface area contributed by atoms with Gasteiger partial charge in [-0.2, -0.15) is 0 Å². The van der Waals surface area contributed by atoms with Crippen molar-refractivity contribution < 1.29 is 17.9 Å². The van der Waals surface area contributed by atoms with E-state index in [1.54, 1.807) is 12.1 Å². The summed E-state index contributed by atoms with van der Waals surface area (Å²) < 4.78 is 29.5. The predicted molar refractivity (Wildman–Crippen MR) is 79.0 cm³/mol. The summed E-state index contributed by atoms with van der Waals surface area (Å²) in [5.41, 5.74) is 0.454. The van der Waals surface area contributed by atoms with Gasteiger partial charge in [0.2, 0.25) is 15.9 Å². The van der Waals surface area contributed by atoms with E-state index >= 15 is 0 Å². The summed E-state index contributed by atoms with van der Waals surface area (Å²) in [4.78, 5) is 12.4. The molecule has 2 fully saturated rings. The van der Waals surface area contributed by atoms with Crippen LogP contribution in [0.25, 0.3) is 0 Å².